The van der Waals surface area contributed by atoms with Gasteiger partial charge in [-0.1, -0.05) is 0 Å². The van der Waals surface area contributed by atoms with Gasteiger partial charge >= 0.3 is 0 Å². The van der Waals surface area contributed by atoms with Crippen LogP contribution in [-0.2, 0) is 14.9 Å². The molecule has 1 aliphatic heterocycles. The molecule has 0 aliphatic carbocycles. The number of nitrogens with zero attached hydrogens (tertiary/aromatic N) is 1. The van der Waals surface area contributed by atoms with Crippen LogP contribution in [-0.4, -0.2) is 39.5 Å². The van der Waals surface area contributed by atoms with E-state index in [-0.39, 0.29) is 12.6 Å². The van der Waals surface area contributed by atoms with E-state index in [1.54, 1.807) is 12.3 Å². The second kappa shape index (κ2) is 5.83. The van der Waals surface area contributed by atoms with Gasteiger partial charge in [-0.15, -0.1) is 0 Å². The van der Waals surface area contributed by atoms with Crippen LogP contribution in [0.25, 0.3) is 0 Å². The van der Waals surface area contributed by atoms with Crippen LogP contribution in [0, 0.1) is 0 Å². The molecule has 0 bridgehead atoms. The lowest BCUT2D eigenvalue weighted by Crippen LogP contribution is -2.41. The summed E-state index contributed by atoms with van der Waals surface area (Å²) in [5, 5.41) is 0. The SMILES string of the molecule is COCCNS(=O)(=O)N1CCC[C@H]1c1ccco1. The van der Waals surface area contributed by atoms with Crippen molar-refractivity contribution in [2.24, 2.45) is 0 Å². The van der Waals surface area contributed by atoms with Crippen molar-refractivity contribution in [2.45, 2.75) is 18.9 Å². The van der Waals surface area contributed by atoms with Crippen molar-refractivity contribution in [3.63, 3.8) is 0 Å². The summed E-state index contributed by atoms with van der Waals surface area (Å²) < 4.78 is 38.4. The first kappa shape index (κ1) is 13.5. The summed E-state index contributed by atoms with van der Waals surface area (Å²) in [5.41, 5.74) is 0. The van der Waals surface area contributed by atoms with Crippen molar-refractivity contribution in [1.29, 1.82) is 0 Å². The lowest BCUT2D eigenvalue weighted by atomic mass is 10.2. The van der Waals surface area contributed by atoms with Crippen LogP contribution in [0.2, 0.25) is 0 Å². The van der Waals surface area contributed by atoms with Gasteiger partial charge in [0.1, 0.15) is 5.76 Å². The van der Waals surface area contributed by atoms with Gasteiger partial charge in [0.05, 0.1) is 18.9 Å². The van der Waals surface area contributed by atoms with Gasteiger partial charge in [0.25, 0.3) is 10.2 Å². The minimum Gasteiger partial charge on any atom is -0.468 e. The van der Waals surface area contributed by atoms with E-state index in [4.69, 9.17) is 9.15 Å². The van der Waals surface area contributed by atoms with E-state index in [1.165, 1.54) is 11.4 Å². The van der Waals surface area contributed by atoms with Crippen molar-refractivity contribution in [3.05, 3.63) is 24.2 Å². The maximum Gasteiger partial charge on any atom is 0.280 e. The fraction of sp³-hybridized carbons (Fsp3) is 0.636. The van der Waals surface area contributed by atoms with Crippen LogP contribution in [0.5, 0.6) is 0 Å². The maximum atomic E-state index is 12.1. The Balaban J connectivity index is 2.07. The highest BCUT2D eigenvalue weighted by atomic mass is 32.2. The number of hydrogen-bond donors (Lipinski definition) is 1. The monoisotopic (exact) mass is 274 g/mol. The molecule has 1 N–H and O–H groups in total. The van der Waals surface area contributed by atoms with Gasteiger partial charge in [-0.2, -0.15) is 17.4 Å². The van der Waals surface area contributed by atoms with Crippen LogP contribution in [0.3, 0.4) is 0 Å². The maximum absolute atomic E-state index is 12.1. The molecule has 0 amide bonds. The Morgan fingerprint density at radius 1 is 1.61 bits per heavy atom. The molecule has 6 nitrogen and oxygen atoms in total. The molecular weight excluding hydrogens is 256 g/mol. The molecule has 2 rings (SSSR count). The summed E-state index contributed by atoms with van der Waals surface area (Å²) in [6.45, 7) is 1.16. The number of nitrogens with one attached hydrogen (secondary N) is 1. The molecule has 7 heteroatoms. The second-order valence-electron chi connectivity index (χ2n) is 4.18. The summed E-state index contributed by atoms with van der Waals surface area (Å²) >= 11 is 0. The third-order valence-corrected chi connectivity index (χ3v) is 4.60. The summed E-state index contributed by atoms with van der Waals surface area (Å²) in [4.78, 5) is 0. The fourth-order valence-electron chi connectivity index (χ4n) is 2.15. The second-order valence-corrected chi connectivity index (χ2v) is 5.88. The molecule has 1 fully saturated rings. The summed E-state index contributed by atoms with van der Waals surface area (Å²) in [6, 6.07) is 3.39. The van der Waals surface area contributed by atoms with E-state index < -0.39 is 10.2 Å². The van der Waals surface area contributed by atoms with E-state index in [1.807, 2.05) is 6.07 Å². The van der Waals surface area contributed by atoms with Crippen LogP contribution >= 0.6 is 0 Å². The van der Waals surface area contributed by atoms with Crippen molar-refractivity contribution in [1.82, 2.24) is 9.03 Å². The molecule has 0 radical (unpaired) electrons. The summed E-state index contributed by atoms with van der Waals surface area (Å²) in [7, 11) is -1.93. The molecule has 0 aromatic carbocycles. The first-order valence-corrected chi connectivity index (χ1v) is 7.38. The molecule has 1 saturated heterocycles. The van der Waals surface area contributed by atoms with E-state index in [2.05, 4.69) is 4.72 Å². The van der Waals surface area contributed by atoms with Crippen molar-refractivity contribution >= 4 is 10.2 Å². The average Bonchev–Trinajstić information content (AvgIpc) is 3.00. The quantitative estimate of drug-likeness (QED) is 0.782. The number of methoxy groups -OCH3 is 1. The molecule has 0 saturated carbocycles. The summed E-state index contributed by atoms with van der Waals surface area (Å²) in [6.07, 6.45) is 3.20. The Hall–Kier alpha value is -0.890. The van der Waals surface area contributed by atoms with Gasteiger partial charge < -0.3 is 9.15 Å². The first-order valence-electron chi connectivity index (χ1n) is 5.94. The number of hydrogen-bond acceptors (Lipinski definition) is 4. The molecule has 1 aliphatic rings. The highest BCUT2D eigenvalue weighted by Crippen LogP contribution is 2.33. The van der Waals surface area contributed by atoms with Gasteiger partial charge in [0, 0.05) is 20.2 Å². The predicted octanol–water partition coefficient (Wildman–Crippen LogP) is 0.897. The standard InChI is InChI=1S/C11H18N2O4S/c1-16-9-6-12-18(14,15)13-7-2-4-10(13)11-5-3-8-17-11/h3,5,8,10,12H,2,4,6-7,9H2,1H3/t10-/m0/s1. The molecule has 1 aromatic heterocycles. The normalized spacial score (nSPS) is 21.5. The lowest BCUT2D eigenvalue weighted by Gasteiger charge is -2.22. The van der Waals surface area contributed by atoms with Gasteiger partial charge in [-0.05, 0) is 25.0 Å². The Morgan fingerprint density at radius 2 is 2.44 bits per heavy atom. The van der Waals surface area contributed by atoms with Crippen molar-refractivity contribution in [3.8, 4) is 0 Å². The van der Waals surface area contributed by atoms with Crippen LogP contribution in [0.15, 0.2) is 22.8 Å². The van der Waals surface area contributed by atoms with Crippen LogP contribution in [0.1, 0.15) is 24.6 Å². The summed E-state index contributed by atoms with van der Waals surface area (Å²) in [5.74, 6) is 0.699. The molecule has 1 aromatic rings. The van der Waals surface area contributed by atoms with E-state index >= 15 is 0 Å². The Bertz CT molecular complexity index is 457. The zero-order chi connectivity index (χ0) is 13.0. The highest BCUT2D eigenvalue weighted by molar-refractivity contribution is 7.87. The zero-order valence-electron chi connectivity index (χ0n) is 10.3. The number of furan rings is 1. The predicted molar refractivity (Wildman–Crippen MR) is 66.2 cm³/mol. The molecule has 0 spiro atoms. The topological polar surface area (TPSA) is 71.8 Å². The van der Waals surface area contributed by atoms with Gasteiger partial charge in [0.2, 0.25) is 0 Å². The van der Waals surface area contributed by atoms with Gasteiger partial charge in [0.15, 0.2) is 0 Å². The Morgan fingerprint density at radius 3 is 3.11 bits per heavy atom. The largest absolute Gasteiger partial charge is 0.468 e. The fourth-order valence-corrected chi connectivity index (χ4v) is 3.57. The number of ether oxygens (including phenoxy) is 1. The third-order valence-electron chi connectivity index (χ3n) is 2.97. The molecule has 102 valence electrons. The molecule has 18 heavy (non-hydrogen) atoms. The van der Waals surface area contributed by atoms with Gasteiger partial charge in [-0.3, -0.25) is 0 Å². The minimum absolute atomic E-state index is 0.194. The van der Waals surface area contributed by atoms with E-state index in [0.717, 1.165) is 12.8 Å². The van der Waals surface area contributed by atoms with E-state index in [0.29, 0.717) is 18.9 Å². The van der Waals surface area contributed by atoms with Crippen molar-refractivity contribution in [2.75, 3.05) is 26.8 Å². The van der Waals surface area contributed by atoms with Crippen LogP contribution in [0.4, 0.5) is 0 Å². The molecule has 1 atom stereocenters. The molecule has 0 unspecified atom stereocenters. The Kier molecular flexibility index (Phi) is 4.39. The zero-order valence-corrected chi connectivity index (χ0v) is 11.1. The van der Waals surface area contributed by atoms with E-state index in [9.17, 15) is 8.42 Å². The third kappa shape index (κ3) is 2.92. The first-order chi connectivity index (χ1) is 8.65. The molecule has 2 heterocycles. The molecular formula is C11H18N2O4S. The Labute approximate surface area is 107 Å². The van der Waals surface area contributed by atoms with Crippen LogP contribution < -0.4 is 4.72 Å². The number of rotatable bonds is 6. The smallest absolute Gasteiger partial charge is 0.280 e. The lowest BCUT2D eigenvalue weighted by molar-refractivity contribution is 0.203. The average molecular weight is 274 g/mol. The highest BCUT2D eigenvalue weighted by Gasteiger charge is 2.36. The van der Waals surface area contributed by atoms with Gasteiger partial charge in [-0.25, -0.2) is 0 Å². The minimum atomic E-state index is -3.46. The van der Waals surface area contributed by atoms with Crippen molar-refractivity contribution < 1.29 is 17.6 Å².